The molecule has 2 aromatic carbocycles. The molecular weight excluding hydrogens is 678 g/mol. The number of esters is 1. The van der Waals surface area contributed by atoms with Crippen LogP contribution < -0.4 is 10.6 Å². The third-order valence-corrected chi connectivity index (χ3v) is 8.47. The van der Waals surface area contributed by atoms with E-state index in [9.17, 15) is 45.5 Å². The summed E-state index contributed by atoms with van der Waals surface area (Å²) in [6.45, 7) is 2.87. The van der Waals surface area contributed by atoms with E-state index >= 15 is 0 Å². The molecule has 0 fully saturated rings. The number of nitrogens with one attached hydrogen (secondary N) is 2. The Morgan fingerprint density at radius 1 is 0.647 bits per heavy atom. The van der Waals surface area contributed by atoms with Gasteiger partial charge in [0.2, 0.25) is 11.8 Å². The molecule has 0 unspecified atom stereocenters. The summed E-state index contributed by atoms with van der Waals surface area (Å²) in [5.41, 5.74) is -4.74. The van der Waals surface area contributed by atoms with Crippen LogP contribution in [0.2, 0.25) is 0 Å². The number of ether oxygens (including phenoxy) is 1. The van der Waals surface area contributed by atoms with E-state index in [1.807, 2.05) is 6.92 Å². The first kappa shape index (κ1) is 43.3. The Balaban J connectivity index is 2.15. The molecule has 2 aromatic rings. The van der Waals surface area contributed by atoms with Gasteiger partial charge in [0.25, 0.3) is 0 Å². The molecule has 2 atom stereocenters. The van der Waals surface area contributed by atoms with Crippen molar-refractivity contribution in [2.75, 3.05) is 6.61 Å². The molecule has 0 aliphatic rings. The van der Waals surface area contributed by atoms with Crippen molar-refractivity contribution in [3.8, 4) is 0 Å². The Labute approximate surface area is 296 Å². The van der Waals surface area contributed by atoms with E-state index in [-0.39, 0.29) is 25.2 Å². The van der Waals surface area contributed by atoms with Crippen molar-refractivity contribution in [2.45, 2.75) is 135 Å². The number of ketones is 1. The maximum absolute atomic E-state index is 13.6. The number of carbonyl (C=O) groups excluding carboxylic acids is 4. The zero-order chi connectivity index (χ0) is 37.9. The van der Waals surface area contributed by atoms with Gasteiger partial charge in [-0.15, -0.1) is 0 Å². The molecule has 0 saturated heterocycles. The van der Waals surface area contributed by atoms with Crippen molar-refractivity contribution in [1.82, 2.24) is 10.6 Å². The fraction of sp³-hybridized carbons (Fsp3) is 0.579. The first-order chi connectivity index (χ1) is 24.2. The number of hydrogen-bond donors (Lipinski definition) is 2. The van der Waals surface area contributed by atoms with Gasteiger partial charge in [0.15, 0.2) is 12.4 Å². The van der Waals surface area contributed by atoms with Gasteiger partial charge >= 0.3 is 18.3 Å². The molecule has 0 saturated carbocycles. The Hall–Kier alpha value is -3.90. The number of unbranched alkanes of at least 4 members (excludes halogenated alkanes) is 10. The van der Waals surface area contributed by atoms with Crippen LogP contribution in [0.1, 0.15) is 131 Å². The summed E-state index contributed by atoms with van der Waals surface area (Å²) in [7, 11) is 0. The highest BCUT2D eigenvalue weighted by molar-refractivity contribution is 5.97. The summed E-state index contributed by atoms with van der Waals surface area (Å²) in [5.74, 6) is -3.96. The second kappa shape index (κ2) is 22.1. The van der Waals surface area contributed by atoms with Crippen molar-refractivity contribution in [1.29, 1.82) is 0 Å². The first-order valence-corrected chi connectivity index (χ1v) is 17.8. The van der Waals surface area contributed by atoms with E-state index < -0.39 is 65.4 Å². The fourth-order valence-corrected chi connectivity index (χ4v) is 5.66. The third kappa shape index (κ3) is 15.9. The Morgan fingerprint density at radius 2 is 1.18 bits per heavy atom. The summed E-state index contributed by atoms with van der Waals surface area (Å²) in [6.07, 6.45) is 1.11. The molecule has 0 heterocycles. The SMILES string of the molecule is CCCCCCCCCCCC(=O)N[C@@H](Cc1ccccc1)C(=O)N[C@@H](CCCCC)C(=O)COC(=O)c1c(C(F)(F)F)cccc1C(F)(F)F. The summed E-state index contributed by atoms with van der Waals surface area (Å²) in [6, 6.07) is 7.64. The number of alkyl halides is 6. The number of hydrogen-bond acceptors (Lipinski definition) is 5. The lowest BCUT2D eigenvalue weighted by Gasteiger charge is -2.23. The number of halogens is 6. The highest BCUT2D eigenvalue weighted by atomic mass is 19.4. The van der Waals surface area contributed by atoms with Gasteiger partial charge in [-0.25, -0.2) is 4.79 Å². The Bertz CT molecular complexity index is 1350. The molecule has 2 amide bonds. The van der Waals surface area contributed by atoms with Gasteiger partial charge < -0.3 is 15.4 Å². The molecule has 51 heavy (non-hydrogen) atoms. The van der Waals surface area contributed by atoms with Crippen molar-refractivity contribution < 1.29 is 50.3 Å². The van der Waals surface area contributed by atoms with Crippen LogP contribution in [-0.4, -0.2) is 42.3 Å². The number of amides is 2. The van der Waals surface area contributed by atoms with Crippen LogP contribution in [0.4, 0.5) is 26.3 Å². The summed E-state index contributed by atoms with van der Waals surface area (Å²) in [4.78, 5) is 52.5. The predicted molar refractivity (Wildman–Crippen MR) is 182 cm³/mol. The van der Waals surface area contributed by atoms with E-state index in [0.29, 0.717) is 37.5 Å². The second-order valence-corrected chi connectivity index (χ2v) is 12.7. The molecule has 13 heteroatoms. The largest absolute Gasteiger partial charge is 0.454 e. The van der Waals surface area contributed by atoms with Crippen LogP contribution >= 0.6 is 0 Å². The van der Waals surface area contributed by atoms with E-state index in [1.54, 1.807) is 30.3 Å². The highest BCUT2D eigenvalue weighted by Crippen LogP contribution is 2.39. The van der Waals surface area contributed by atoms with Gasteiger partial charge in [0.1, 0.15) is 6.04 Å². The zero-order valence-electron chi connectivity index (χ0n) is 29.4. The van der Waals surface area contributed by atoms with Crippen LogP contribution in [0.15, 0.2) is 48.5 Å². The zero-order valence-corrected chi connectivity index (χ0v) is 29.4. The molecular formula is C38H50F6N2O5. The minimum Gasteiger partial charge on any atom is -0.454 e. The lowest BCUT2D eigenvalue weighted by molar-refractivity contribution is -0.144. The molecule has 0 bridgehead atoms. The van der Waals surface area contributed by atoms with Gasteiger partial charge in [-0.05, 0) is 30.5 Å². The number of rotatable bonds is 23. The summed E-state index contributed by atoms with van der Waals surface area (Å²) in [5, 5.41) is 5.34. The topological polar surface area (TPSA) is 102 Å². The lowest BCUT2D eigenvalue weighted by Crippen LogP contribution is -2.53. The Kier molecular flexibility index (Phi) is 18.8. The number of Topliss-reactive ketones (excluding diaryl/α,β-unsaturated/α-hetero) is 1. The predicted octanol–water partition coefficient (Wildman–Crippen LogP) is 9.16. The molecule has 0 aliphatic carbocycles. The quantitative estimate of drug-likeness (QED) is 0.0676. The van der Waals surface area contributed by atoms with Crippen LogP contribution in [-0.2, 0) is 37.9 Å². The smallest absolute Gasteiger partial charge is 0.417 e. The standard InChI is InChI=1S/C38H50F6N2O5/c1-3-5-7-8-9-10-11-12-17-24-33(48)45-31(25-27-19-15-13-16-20-27)35(49)46-30(23-14-6-4-2)32(47)26-51-36(50)34-28(37(39,40)41)21-18-22-29(34)38(42,43)44/h13,15-16,18-22,30-31H,3-12,14,17,23-26H2,1-2H3,(H,45,48)(H,46,49)/t30-,31-/m0/s1. The van der Waals surface area contributed by atoms with Gasteiger partial charge in [-0.2, -0.15) is 26.3 Å². The molecule has 0 radical (unpaired) electrons. The van der Waals surface area contributed by atoms with Crippen molar-refractivity contribution in [3.63, 3.8) is 0 Å². The van der Waals surface area contributed by atoms with E-state index in [4.69, 9.17) is 4.74 Å². The minimum atomic E-state index is -5.32. The monoisotopic (exact) mass is 728 g/mol. The highest BCUT2D eigenvalue weighted by Gasteiger charge is 2.43. The third-order valence-electron chi connectivity index (χ3n) is 8.47. The summed E-state index contributed by atoms with van der Waals surface area (Å²) >= 11 is 0. The van der Waals surface area contributed by atoms with Gasteiger partial charge in [-0.3, -0.25) is 14.4 Å². The van der Waals surface area contributed by atoms with Gasteiger partial charge in [0.05, 0.1) is 22.7 Å². The normalized spacial score (nSPS) is 12.9. The maximum Gasteiger partial charge on any atom is 0.417 e. The van der Waals surface area contributed by atoms with E-state index in [1.165, 1.54) is 25.7 Å². The van der Waals surface area contributed by atoms with Crippen LogP contribution in [0.5, 0.6) is 0 Å². The minimum absolute atomic E-state index is 0.0628. The molecule has 0 aromatic heterocycles. The lowest BCUT2D eigenvalue weighted by atomic mass is 10.00. The van der Waals surface area contributed by atoms with Crippen LogP contribution in [0, 0.1) is 0 Å². The van der Waals surface area contributed by atoms with E-state index in [0.717, 1.165) is 37.7 Å². The van der Waals surface area contributed by atoms with Crippen molar-refractivity contribution in [2.24, 2.45) is 0 Å². The second-order valence-electron chi connectivity index (χ2n) is 12.7. The molecule has 0 spiro atoms. The fourth-order valence-electron chi connectivity index (χ4n) is 5.66. The molecule has 284 valence electrons. The average Bonchev–Trinajstić information content (AvgIpc) is 3.08. The Morgan fingerprint density at radius 3 is 1.73 bits per heavy atom. The number of carbonyl (C=O) groups is 4. The molecule has 7 nitrogen and oxygen atoms in total. The van der Waals surface area contributed by atoms with Crippen LogP contribution in [0.25, 0.3) is 0 Å². The molecule has 0 aliphatic heterocycles. The van der Waals surface area contributed by atoms with Gasteiger partial charge in [-0.1, -0.05) is 121 Å². The maximum atomic E-state index is 13.6. The summed E-state index contributed by atoms with van der Waals surface area (Å²) < 4.78 is 86.3. The van der Waals surface area contributed by atoms with Crippen molar-refractivity contribution >= 4 is 23.6 Å². The molecule has 2 N–H and O–H groups in total. The van der Waals surface area contributed by atoms with Crippen molar-refractivity contribution in [3.05, 3.63) is 70.8 Å². The number of benzene rings is 2. The molecule has 2 rings (SSSR count). The first-order valence-electron chi connectivity index (χ1n) is 17.8. The van der Waals surface area contributed by atoms with Crippen LogP contribution in [0.3, 0.4) is 0 Å². The van der Waals surface area contributed by atoms with E-state index in [2.05, 4.69) is 17.6 Å². The van der Waals surface area contributed by atoms with Gasteiger partial charge in [0, 0.05) is 12.8 Å². The average molecular weight is 729 g/mol.